The zero-order valence-electron chi connectivity index (χ0n) is 14.1. The maximum atomic E-state index is 13.6. The molecule has 0 aliphatic heterocycles. The summed E-state index contributed by atoms with van der Waals surface area (Å²) in [5.41, 5.74) is 2.72. The fraction of sp³-hybridized carbons (Fsp3) is 0.100. The van der Waals surface area contributed by atoms with E-state index in [1.54, 1.807) is 18.5 Å². The highest BCUT2D eigenvalue weighted by Gasteiger charge is 2.08. The molecule has 0 aliphatic rings. The van der Waals surface area contributed by atoms with Crippen LogP contribution in [0.25, 0.3) is 11.0 Å². The number of aromatic nitrogens is 3. The lowest BCUT2D eigenvalue weighted by atomic mass is 10.1. The maximum Gasteiger partial charge on any atom is 0.142 e. The van der Waals surface area contributed by atoms with E-state index in [0.29, 0.717) is 17.9 Å². The number of nitrogens with one attached hydrogen (secondary N) is 2. The zero-order chi connectivity index (χ0) is 18.8. The van der Waals surface area contributed by atoms with Crippen molar-refractivity contribution in [3.05, 3.63) is 89.1 Å². The Morgan fingerprint density at radius 1 is 0.889 bits per heavy atom. The summed E-state index contributed by atoms with van der Waals surface area (Å²) in [6, 6.07) is 8.43. The Hall–Kier alpha value is -3.35. The number of fused-ring (bicyclic) bond motifs is 1. The lowest BCUT2D eigenvalue weighted by Gasteiger charge is -2.08. The van der Waals surface area contributed by atoms with E-state index < -0.39 is 11.6 Å². The Balaban J connectivity index is 1.45. The van der Waals surface area contributed by atoms with Crippen molar-refractivity contribution in [1.29, 1.82) is 0 Å². The number of anilines is 1. The molecular formula is C20H15F3N4. The number of hydrogen-bond acceptors (Lipinski definition) is 3. The lowest BCUT2D eigenvalue weighted by molar-refractivity contribution is 0.587. The Morgan fingerprint density at radius 3 is 2.59 bits per heavy atom. The largest absolute Gasteiger partial charge is 0.366 e. The molecule has 0 bridgehead atoms. The van der Waals surface area contributed by atoms with Crippen LogP contribution in [0.1, 0.15) is 16.7 Å². The number of nitrogens with zero attached hydrogens (tertiary/aromatic N) is 2. The standard InChI is InChI=1S/C20H15F3N4/c21-15-2-3-18(23)14(6-15)10-25-19-4-1-12(8-24-19)5-13-9-26-20-17(13)7-16(22)11-27-20/h1-4,6-9,11H,5,10H2,(H,24,25)(H,26,27). The van der Waals surface area contributed by atoms with E-state index in [9.17, 15) is 13.2 Å². The van der Waals surface area contributed by atoms with Crippen molar-refractivity contribution < 1.29 is 13.2 Å². The zero-order valence-corrected chi connectivity index (χ0v) is 14.1. The average Bonchev–Trinajstić information content (AvgIpc) is 3.05. The second-order valence-electron chi connectivity index (χ2n) is 6.18. The first-order chi connectivity index (χ1) is 13.1. The Morgan fingerprint density at radius 2 is 1.78 bits per heavy atom. The van der Waals surface area contributed by atoms with Crippen molar-refractivity contribution >= 4 is 16.9 Å². The van der Waals surface area contributed by atoms with Crippen LogP contribution in [-0.4, -0.2) is 15.0 Å². The third kappa shape index (κ3) is 3.76. The van der Waals surface area contributed by atoms with E-state index in [1.807, 2.05) is 6.07 Å². The molecule has 0 saturated carbocycles. The first-order valence-electron chi connectivity index (χ1n) is 8.33. The highest BCUT2D eigenvalue weighted by molar-refractivity contribution is 5.80. The van der Waals surface area contributed by atoms with Gasteiger partial charge in [0, 0.05) is 36.3 Å². The SMILES string of the molecule is Fc1ccc(F)c(CNc2ccc(Cc3c[nH]c4ncc(F)cc34)cn2)c1. The van der Waals surface area contributed by atoms with Gasteiger partial charge in [0.15, 0.2) is 0 Å². The average molecular weight is 368 g/mol. The minimum absolute atomic E-state index is 0.128. The van der Waals surface area contributed by atoms with Gasteiger partial charge < -0.3 is 10.3 Å². The van der Waals surface area contributed by atoms with Gasteiger partial charge in [-0.15, -0.1) is 0 Å². The molecular weight excluding hydrogens is 353 g/mol. The van der Waals surface area contributed by atoms with Crippen LogP contribution in [-0.2, 0) is 13.0 Å². The third-order valence-corrected chi connectivity index (χ3v) is 4.27. The van der Waals surface area contributed by atoms with Crippen LogP contribution in [0.3, 0.4) is 0 Å². The van der Waals surface area contributed by atoms with E-state index in [0.717, 1.165) is 34.7 Å². The summed E-state index contributed by atoms with van der Waals surface area (Å²) in [4.78, 5) is 11.3. The predicted octanol–water partition coefficient (Wildman–Crippen LogP) is 4.58. The summed E-state index contributed by atoms with van der Waals surface area (Å²) in [5, 5.41) is 3.70. The molecule has 0 unspecified atom stereocenters. The highest BCUT2D eigenvalue weighted by atomic mass is 19.1. The maximum absolute atomic E-state index is 13.6. The van der Waals surface area contributed by atoms with Gasteiger partial charge in [-0.1, -0.05) is 6.07 Å². The fourth-order valence-corrected chi connectivity index (χ4v) is 2.90. The van der Waals surface area contributed by atoms with Gasteiger partial charge in [0.2, 0.25) is 0 Å². The second-order valence-corrected chi connectivity index (χ2v) is 6.18. The number of aromatic amines is 1. The van der Waals surface area contributed by atoms with Gasteiger partial charge in [-0.3, -0.25) is 0 Å². The number of H-pyrrole nitrogens is 1. The van der Waals surface area contributed by atoms with Crippen LogP contribution in [0.4, 0.5) is 19.0 Å². The van der Waals surface area contributed by atoms with Crippen LogP contribution >= 0.6 is 0 Å². The summed E-state index contributed by atoms with van der Waals surface area (Å²) >= 11 is 0. The normalized spacial score (nSPS) is 11.1. The number of hydrogen-bond donors (Lipinski definition) is 2. The number of benzene rings is 1. The molecule has 3 aromatic heterocycles. The molecule has 7 heteroatoms. The summed E-state index contributed by atoms with van der Waals surface area (Å²) in [6.45, 7) is 0.128. The van der Waals surface area contributed by atoms with Crippen LogP contribution in [0.5, 0.6) is 0 Å². The molecule has 4 nitrogen and oxygen atoms in total. The third-order valence-electron chi connectivity index (χ3n) is 4.27. The predicted molar refractivity (Wildman–Crippen MR) is 96.8 cm³/mol. The molecule has 0 atom stereocenters. The van der Waals surface area contributed by atoms with E-state index in [2.05, 4.69) is 20.3 Å². The van der Waals surface area contributed by atoms with Gasteiger partial charge in [-0.05, 0) is 41.5 Å². The minimum atomic E-state index is -0.485. The van der Waals surface area contributed by atoms with Crippen LogP contribution in [0.15, 0.2) is 55.0 Å². The molecule has 0 spiro atoms. The van der Waals surface area contributed by atoms with Gasteiger partial charge in [0.05, 0.1) is 6.20 Å². The Labute approximate surface area is 153 Å². The lowest BCUT2D eigenvalue weighted by Crippen LogP contribution is -2.04. The van der Waals surface area contributed by atoms with Crippen molar-refractivity contribution in [2.24, 2.45) is 0 Å². The first-order valence-corrected chi connectivity index (χ1v) is 8.33. The van der Waals surface area contributed by atoms with E-state index in [4.69, 9.17) is 0 Å². The van der Waals surface area contributed by atoms with E-state index in [-0.39, 0.29) is 17.9 Å². The first kappa shape index (κ1) is 17.1. The van der Waals surface area contributed by atoms with Gasteiger partial charge in [-0.2, -0.15) is 0 Å². The number of rotatable bonds is 5. The van der Waals surface area contributed by atoms with Crippen LogP contribution in [0.2, 0.25) is 0 Å². The smallest absolute Gasteiger partial charge is 0.142 e. The second kappa shape index (κ2) is 7.11. The van der Waals surface area contributed by atoms with Crippen molar-refractivity contribution in [3.63, 3.8) is 0 Å². The van der Waals surface area contributed by atoms with Crippen LogP contribution in [0, 0.1) is 17.5 Å². The van der Waals surface area contributed by atoms with E-state index in [1.165, 1.54) is 12.3 Å². The molecule has 136 valence electrons. The molecule has 0 radical (unpaired) electrons. The molecule has 1 aromatic carbocycles. The van der Waals surface area contributed by atoms with Gasteiger partial charge >= 0.3 is 0 Å². The Bertz CT molecular complexity index is 1090. The van der Waals surface area contributed by atoms with Crippen molar-refractivity contribution in [2.75, 3.05) is 5.32 Å². The fourth-order valence-electron chi connectivity index (χ4n) is 2.90. The van der Waals surface area contributed by atoms with Crippen molar-refractivity contribution in [2.45, 2.75) is 13.0 Å². The van der Waals surface area contributed by atoms with Crippen molar-refractivity contribution in [1.82, 2.24) is 15.0 Å². The molecule has 0 aliphatic carbocycles. The summed E-state index contributed by atoms with van der Waals surface area (Å²) < 4.78 is 40.3. The van der Waals surface area contributed by atoms with Crippen LogP contribution < -0.4 is 5.32 Å². The highest BCUT2D eigenvalue weighted by Crippen LogP contribution is 2.21. The summed E-state index contributed by atoms with van der Waals surface area (Å²) in [7, 11) is 0. The molecule has 3 heterocycles. The molecule has 4 rings (SSSR count). The topological polar surface area (TPSA) is 53.6 Å². The molecule has 0 fully saturated rings. The summed E-state index contributed by atoms with van der Waals surface area (Å²) in [5.74, 6) is -0.790. The monoisotopic (exact) mass is 368 g/mol. The molecule has 2 N–H and O–H groups in total. The molecule has 4 aromatic rings. The minimum Gasteiger partial charge on any atom is -0.366 e. The number of pyridine rings is 2. The molecule has 0 amide bonds. The molecule has 0 saturated heterocycles. The molecule has 27 heavy (non-hydrogen) atoms. The van der Waals surface area contributed by atoms with Gasteiger partial charge in [0.25, 0.3) is 0 Å². The summed E-state index contributed by atoms with van der Waals surface area (Å²) in [6.07, 6.45) is 5.23. The quantitative estimate of drug-likeness (QED) is 0.542. The van der Waals surface area contributed by atoms with Gasteiger partial charge in [0.1, 0.15) is 28.9 Å². The number of halogens is 3. The van der Waals surface area contributed by atoms with E-state index >= 15 is 0 Å². The van der Waals surface area contributed by atoms with Crippen molar-refractivity contribution in [3.8, 4) is 0 Å². The Kier molecular flexibility index (Phi) is 4.50. The van der Waals surface area contributed by atoms with Gasteiger partial charge in [-0.25, -0.2) is 23.1 Å².